The predicted octanol–water partition coefficient (Wildman–Crippen LogP) is 3.81. The van der Waals surface area contributed by atoms with E-state index < -0.39 is 28.8 Å². The van der Waals surface area contributed by atoms with Gasteiger partial charge >= 0.3 is 5.63 Å². The minimum absolute atomic E-state index is 0.113. The summed E-state index contributed by atoms with van der Waals surface area (Å²) in [6, 6.07) is 4.85. The van der Waals surface area contributed by atoms with Gasteiger partial charge in [0.2, 0.25) is 0 Å². The maximum absolute atomic E-state index is 13.5. The average molecular weight is 412 g/mol. The third-order valence-corrected chi connectivity index (χ3v) is 7.45. The van der Waals surface area contributed by atoms with Crippen molar-refractivity contribution < 1.29 is 23.8 Å². The van der Waals surface area contributed by atoms with Crippen LogP contribution < -0.4 is 15.1 Å². The summed E-state index contributed by atoms with van der Waals surface area (Å²) in [5, 5.41) is 11.4. The van der Waals surface area contributed by atoms with E-state index in [1.165, 1.54) is 6.07 Å². The standard InChI is InChI=1S/C24H28O6/c1-11(2)20(26)21(27)19-17-13-8-9-24(19,5)30-22-12-6-7-16(25)28-14(12)10-15(18(17)22)29-23(13,3)4/h6-7,10-11,13,17,19-20,26H,8-9H2,1-5H3. The summed E-state index contributed by atoms with van der Waals surface area (Å²) in [4.78, 5) is 25.3. The molecular weight excluding hydrogens is 384 g/mol. The van der Waals surface area contributed by atoms with Gasteiger partial charge in [-0.1, -0.05) is 13.8 Å². The lowest BCUT2D eigenvalue weighted by molar-refractivity contribution is -0.157. The topological polar surface area (TPSA) is 86.0 Å². The van der Waals surface area contributed by atoms with Crippen molar-refractivity contribution in [2.75, 3.05) is 0 Å². The van der Waals surface area contributed by atoms with Gasteiger partial charge in [0.1, 0.15) is 34.4 Å². The van der Waals surface area contributed by atoms with Crippen LogP contribution in [0.5, 0.6) is 11.5 Å². The smallest absolute Gasteiger partial charge is 0.336 e. The molecule has 0 amide bonds. The zero-order valence-electron chi connectivity index (χ0n) is 18.0. The minimum Gasteiger partial charge on any atom is -0.487 e. The molecule has 30 heavy (non-hydrogen) atoms. The number of hydrogen-bond donors (Lipinski definition) is 1. The van der Waals surface area contributed by atoms with Crippen LogP contribution in [-0.2, 0) is 4.79 Å². The summed E-state index contributed by atoms with van der Waals surface area (Å²) < 4.78 is 18.4. The average Bonchev–Trinajstić information content (AvgIpc) is 2.64. The van der Waals surface area contributed by atoms with E-state index in [-0.39, 0.29) is 23.5 Å². The molecule has 5 atom stereocenters. The van der Waals surface area contributed by atoms with Gasteiger partial charge in [-0.05, 0) is 45.6 Å². The van der Waals surface area contributed by atoms with Gasteiger partial charge in [-0.2, -0.15) is 0 Å². The molecule has 6 nitrogen and oxygen atoms in total. The van der Waals surface area contributed by atoms with Gasteiger partial charge in [0.15, 0.2) is 5.78 Å². The van der Waals surface area contributed by atoms with Gasteiger partial charge in [0.25, 0.3) is 0 Å². The number of aliphatic hydroxyl groups excluding tert-OH is 1. The Hall–Kier alpha value is -2.34. The van der Waals surface area contributed by atoms with E-state index in [0.717, 1.165) is 12.0 Å². The van der Waals surface area contributed by atoms with Crippen molar-refractivity contribution in [3.05, 3.63) is 34.2 Å². The fourth-order valence-corrected chi connectivity index (χ4v) is 5.92. The Balaban J connectivity index is 1.80. The highest BCUT2D eigenvalue weighted by Gasteiger charge is 2.62. The molecule has 1 aromatic heterocycles. The van der Waals surface area contributed by atoms with E-state index in [1.807, 2.05) is 34.6 Å². The molecule has 1 aliphatic carbocycles. The number of ketones is 1. The van der Waals surface area contributed by atoms with Crippen LogP contribution in [0.4, 0.5) is 0 Å². The Kier molecular flexibility index (Phi) is 3.99. The summed E-state index contributed by atoms with van der Waals surface area (Å²) in [6.07, 6.45) is 0.520. The van der Waals surface area contributed by atoms with Crippen LogP contribution in [0.2, 0.25) is 0 Å². The van der Waals surface area contributed by atoms with Crippen LogP contribution in [0.15, 0.2) is 27.4 Å². The molecule has 1 fully saturated rings. The predicted molar refractivity (Wildman–Crippen MR) is 111 cm³/mol. The number of fused-ring (bicyclic) bond motifs is 3. The molecule has 0 radical (unpaired) electrons. The fraction of sp³-hybridized carbons (Fsp3) is 0.583. The summed E-state index contributed by atoms with van der Waals surface area (Å²) in [6.45, 7) is 9.78. The molecule has 3 heterocycles. The molecule has 0 spiro atoms. The number of carbonyl (C=O) groups is 1. The molecule has 5 rings (SSSR count). The molecule has 1 aromatic carbocycles. The van der Waals surface area contributed by atoms with Crippen molar-refractivity contribution in [1.82, 2.24) is 0 Å². The lowest BCUT2D eigenvalue weighted by atomic mass is 9.54. The highest BCUT2D eigenvalue weighted by Crippen LogP contribution is 2.64. The Morgan fingerprint density at radius 3 is 2.63 bits per heavy atom. The highest BCUT2D eigenvalue weighted by molar-refractivity contribution is 5.92. The van der Waals surface area contributed by atoms with Crippen LogP contribution in [0, 0.1) is 17.8 Å². The van der Waals surface area contributed by atoms with Crippen molar-refractivity contribution >= 4 is 16.8 Å². The molecular formula is C24H28O6. The second-order valence-electron chi connectivity index (χ2n) is 10.1. The lowest BCUT2D eigenvalue weighted by Gasteiger charge is -2.58. The van der Waals surface area contributed by atoms with Gasteiger partial charge < -0.3 is 19.0 Å². The molecule has 6 heteroatoms. The molecule has 160 valence electrons. The SMILES string of the molecule is CC(C)C(O)C(=O)C1C2c3c4cc5oc(=O)ccc5c3OC1(C)CCC2C(C)(C)O4. The summed E-state index contributed by atoms with van der Waals surface area (Å²) >= 11 is 0. The number of carbonyl (C=O) groups excluding carboxylic acids is 1. The van der Waals surface area contributed by atoms with Gasteiger partial charge in [-0.3, -0.25) is 4.79 Å². The minimum atomic E-state index is -1.04. The number of rotatable bonds is 3. The van der Waals surface area contributed by atoms with Crippen LogP contribution in [0.3, 0.4) is 0 Å². The van der Waals surface area contributed by atoms with Crippen LogP contribution >= 0.6 is 0 Å². The van der Waals surface area contributed by atoms with E-state index in [2.05, 4.69) is 0 Å². The van der Waals surface area contributed by atoms with E-state index in [9.17, 15) is 14.7 Å². The number of hydrogen-bond acceptors (Lipinski definition) is 6. The van der Waals surface area contributed by atoms with Crippen molar-refractivity contribution in [1.29, 1.82) is 0 Å². The first kappa shape index (κ1) is 19.6. The molecule has 3 aliphatic rings. The van der Waals surface area contributed by atoms with Crippen molar-refractivity contribution in [2.24, 2.45) is 17.8 Å². The zero-order chi connectivity index (χ0) is 21.6. The summed E-state index contributed by atoms with van der Waals surface area (Å²) in [5.41, 5.74) is -0.391. The van der Waals surface area contributed by atoms with Gasteiger partial charge in [-0.25, -0.2) is 4.79 Å². The van der Waals surface area contributed by atoms with Gasteiger partial charge in [0, 0.05) is 29.5 Å². The highest BCUT2D eigenvalue weighted by atomic mass is 16.5. The quantitative estimate of drug-likeness (QED) is 0.772. The normalized spacial score (nSPS) is 31.8. The molecule has 0 saturated heterocycles. The molecule has 1 saturated carbocycles. The van der Waals surface area contributed by atoms with E-state index in [0.29, 0.717) is 28.9 Å². The number of aliphatic hydroxyl groups is 1. The third kappa shape index (κ3) is 2.52. The lowest BCUT2D eigenvalue weighted by Crippen LogP contribution is -2.62. The Bertz CT molecular complexity index is 1110. The van der Waals surface area contributed by atoms with Crippen molar-refractivity contribution in [2.45, 2.75) is 70.7 Å². The first-order valence-corrected chi connectivity index (χ1v) is 10.7. The Morgan fingerprint density at radius 2 is 1.93 bits per heavy atom. The Morgan fingerprint density at radius 1 is 1.20 bits per heavy atom. The molecule has 5 unspecified atom stereocenters. The van der Waals surface area contributed by atoms with E-state index in [4.69, 9.17) is 13.9 Å². The monoisotopic (exact) mass is 412 g/mol. The number of ether oxygens (including phenoxy) is 2. The third-order valence-electron chi connectivity index (χ3n) is 7.45. The van der Waals surface area contributed by atoms with Crippen LogP contribution in [0.25, 0.3) is 11.0 Å². The van der Waals surface area contributed by atoms with Crippen LogP contribution in [-0.4, -0.2) is 28.2 Å². The van der Waals surface area contributed by atoms with Crippen molar-refractivity contribution in [3.63, 3.8) is 0 Å². The summed E-state index contributed by atoms with van der Waals surface area (Å²) in [5.74, 6) is 0.443. The van der Waals surface area contributed by atoms with E-state index >= 15 is 0 Å². The second kappa shape index (κ2) is 6.10. The van der Waals surface area contributed by atoms with E-state index in [1.54, 1.807) is 12.1 Å². The molecule has 1 N–H and O–H groups in total. The Labute approximate surface area is 175 Å². The summed E-state index contributed by atoms with van der Waals surface area (Å²) in [7, 11) is 0. The molecule has 2 bridgehead atoms. The molecule has 2 aliphatic heterocycles. The fourth-order valence-electron chi connectivity index (χ4n) is 5.92. The van der Waals surface area contributed by atoms with Crippen LogP contribution in [0.1, 0.15) is 58.9 Å². The zero-order valence-corrected chi connectivity index (χ0v) is 18.0. The first-order chi connectivity index (χ1) is 14.0. The maximum Gasteiger partial charge on any atom is 0.336 e. The largest absolute Gasteiger partial charge is 0.487 e. The molecule has 2 aromatic rings. The first-order valence-electron chi connectivity index (χ1n) is 10.7. The maximum atomic E-state index is 13.5. The number of benzene rings is 1. The van der Waals surface area contributed by atoms with Gasteiger partial charge in [0.05, 0.1) is 11.3 Å². The number of Topliss-reactive ketones (excluding diaryl/α,β-unsaturated/α-hetero) is 1. The second-order valence-corrected chi connectivity index (χ2v) is 10.1. The van der Waals surface area contributed by atoms with Crippen molar-refractivity contribution in [3.8, 4) is 11.5 Å². The van der Waals surface area contributed by atoms with Gasteiger partial charge in [-0.15, -0.1) is 0 Å².